The van der Waals surface area contributed by atoms with E-state index in [0.717, 1.165) is 70.9 Å². The Bertz CT molecular complexity index is 1200. The maximum atomic E-state index is 11.2. The number of benzene rings is 1. The normalized spacial score (nSPS) is 21.3. The van der Waals surface area contributed by atoms with Crippen LogP contribution in [0.15, 0.2) is 36.8 Å². The Morgan fingerprint density at radius 2 is 1.91 bits per heavy atom. The van der Waals surface area contributed by atoms with Gasteiger partial charge in [0.25, 0.3) is 0 Å². The molecule has 2 fully saturated rings. The van der Waals surface area contributed by atoms with Gasteiger partial charge in [0.1, 0.15) is 5.75 Å². The number of aliphatic carboxylic acids is 1. The van der Waals surface area contributed by atoms with E-state index in [1.54, 1.807) is 17.5 Å². The van der Waals surface area contributed by atoms with Crippen LogP contribution in [-0.2, 0) is 9.53 Å². The highest BCUT2D eigenvalue weighted by Crippen LogP contribution is 2.34. The molecule has 1 N–H and O–H groups in total. The first-order chi connectivity index (χ1) is 16.2. The Morgan fingerprint density at radius 3 is 2.70 bits per heavy atom. The molecule has 3 aromatic rings. The summed E-state index contributed by atoms with van der Waals surface area (Å²) in [6, 6.07) is 6.26. The van der Waals surface area contributed by atoms with Crippen LogP contribution in [-0.4, -0.2) is 40.4 Å². The molecule has 1 aliphatic carbocycles. The van der Waals surface area contributed by atoms with Crippen LogP contribution in [0.5, 0.6) is 5.75 Å². The van der Waals surface area contributed by atoms with Gasteiger partial charge in [-0.1, -0.05) is 18.1 Å². The Kier molecular flexibility index (Phi) is 6.56. The molecule has 6 nitrogen and oxygen atoms in total. The minimum Gasteiger partial charge on any atom is -0.488 e. The van der Waals surface area contributed by atoms with E-state index in [9.17, 15) is 9.90 Å². The van der Waals surface area contributed by atoms with Gasteiger partial charge in [-0.05, 0) is 56.1 Å². The second-order valence-electron chi connectivity index (χ2n) is 8.69. The number of pyridine rings is 1. The molecule has 2 aromatic heterocycles. The lowest BCUT2D eigenvalue weighted by atomic mass is 9.87. The van der Waals surface area contributed by atoms with Crippen molar-refractivity contribution in [1.82, 2.24) is 9.97 Å². The lowest BCUT2D eigenvalue weighted by molar-refractivity contribution is -0.143. The fourth-order valence-corrected chi connectivity index (χ4v) is 5.24. The number of nitrogens with zero attached hydrogens (tertiary/aromatic N) is 2. The number of rotatable bonds is 4. The number of carbonyl (C=O) groups is 1. The molecule has 1 saturated carbocycles. The zero-order chi connectivity index (χ0) is 22.6. The van der Waals surface area contributed by atoms with Crippen LogP contribution >= 0.6 is 11.3 Å². The molecule has 0 unspecified atom stereocenters. The van der Waals surface area contributed by atoms with E-state index in [2.05, 4.69) is 40.0 Å². The van der Waals surface area contributed by atoms with Gasteiger partial charge in [-0.2, -0.15) is 0 Å². The van der Waals surface area contributed by atoms with Crippen LogP contribution in [0.1, 0.15) is 43.5 Å². The van der Waals surface area contributed by atoms with Crippen molar-refractivity contribution < 1.29 is 19.4 Å². The summed E-state index contributed by atoms with van der Waals surface area (Å²) in [5, 5.41) is 12.1. The standard InChI is InChI=1S/C26H26N2O4S/c29-26(30)18-4-6-21(7-5-18)32-23-15-27-14-20-3-2-19(13-22(20)23)24-16-28-25(33-24)8-1-17-9-11-31-12-10-17/h2-3,13-18,21H,4-7,9-12H2,(H,29,30)/t18-,21+. The van der Waals surface area contributed by atoms with E-state index in [1.165, 1.54) is 0 Å². The molecule has 1 aliphatic heterocycles. The number of carboxylic acids is 1. The molecule has 33 heavy (non-hydrogen) atoms. The summed E-state index contributed by atoms with van der Waals surface area (Å²) in [6.45, 7) is 1.58. The van der Waals surface area contributed by atoms with E-state index in [1.807, 2.05) is 12.4 Å². The smallest absolute Gasteiger partial charge is 0.306 e. The summed E-state index contributed by atoms with van der Waals surface area (Å²) in [6.07, 6.45) is 10.3. The third-order valence-electron chi connectivity index (χ3n) is 6.44. The van der Waals surface area contributed by atoms with Crippen molar-refractivity contribution in [3.8, 4) is 28.0 Å². The third kappa shape index (κ3) is 5.18. The Balaban J connectivity index is 1.34. The molecule has 1 saturated heterocycles. The number of aromatic nitrogens is 2. The van der Waals surface area contributed by atoms with E-state index in [-0.39, 0.29) is 12.0 Å². The van der Waals surface area contributed by atoms with Crippen molar-refractivity contribution in [2.75, 3.05) is 13.2 Å². The molecule has 2 aliphatic rings. The lowest BCUT2D eigenvalue weighted by Crippen LogP contribution is -2.27. The number of ether oxygens (including phenoxy) is 2. The van der Waals surface area contributed by atoms with E-state index < -0.39 is 5.97 Å². The first-order valence-electron chi connectivity index (χ1n) is 11.5. The maximum absolute atomic E-state index is 11.2. The van der Waals surface area contributed by atoms with Gasteiger partial charge in [-0.15, -0.1) is 11.3 Å². The largest absolute Gasteiger partial charge is 0.488 e. The van der Waals surface area contributed by atoms with E-state index in [0.29, 0.717) is 18.8 Å². The van der Waals surface area contributed by atoms with Crippen molar-refractivity contribution in [3.63, 3.8) is 0 Å². The summed E-state index contributed by atoms with van der Waals surface area (Å²) in [5.74, 6) is 6.78. The average molecular weight is 463 g/mol. The summed E-state index contributed by atoms with van der Waals surface area (Å²) in [4.78, 5) is 21.1. The molecule has 170 valence electrons. The molecule has 3 heterocycles. The molecule has 0 atom stereocenters. The molecule has 1 aromatic carbocycles. The third-order valence-corrected chi connectivity index (χ3v) is 7.40. The SMILES string of the molecule is O=C(O)[C@H]1CC[C@@H](Oc2cncc3ccc(-c4cnc(C#CC5CCOCC5)s4)cc23)CC1. The van der Waals surface area contributed by atoms with Crippen molar-refractivity contribution in [3.05, 3.63) is 41.8 Å². The Morgan fingerprint density at radius 1 is 1.09 bits per heavy atom. The molecule has 0 bridgehead atoms. The van der Waals surface area contributed by atoms with Gasteiger partial charge in [0.2, 0.25) is 0 Å². The van der Waals surface area contributed by atoms with Gasteiger partial charge in [0, 0.05) is 42.3 Å². The molecular formula is C26H26N2O4S. The monoisotopic (exact) mass is 462 g/mol. The minimum absolute atomic E-state index is 0.0205. The van der Waals surface area contributed by atoms with E-state index >= 15 is 0 Å². The second kappa shape index (κ2) is 9.90. The number of fused-ring (bicyclic) bond motifs is 1. The van der Waals surface area contributed by atoms with Gasteiger partial charge >= 0.3 is 5.97 Å². The maximum Gasteiger partial charge on any atom is 0.306 e. The predicted molar refractivity (Wildman–Crippen MR) is 127 cm³/mol. The van der Waals surface area contributed by atoms with E-state index in [4.69, 9.17) is 9.47 Å². The van der Waals surface area contributed by atoms with Crippen LogP contribution in [0, 0.1) is 23.7 Å². The van der Waals surface area contributed by atoms with Crippen molar-refractivity contribution in [1.29, 1.82) is 0 Å². The van der Waals surface area contributed by atoms with Crippen LogP contribution < -0.4 is 4.74 Å². The van der Waals surface area contributed by atoms with Crippen LogP contribution in [0.3, 0.4) is 0 Å². The number of thiazole rings is 1. The predicted octanol–water partition coefficient (Wildman–Crippen LogP) is 5.16. The second-order valence-corrected chi connectivity index (χ2v) is 9.72. The highest BCUT2D eigenvalue weighted by Gasteiger charge is 2.27. The Labute approximate surface area is 197 Å². The molecule has 7 heteroatoms. The minimum atomic E-state index is -0.703. The summed E-state index contributed by atoms with van der Waals surface area (Å²) >= 11 is 1.60. The number of hydrogen-bond acceptors (Lipinski definition) is 6. The highest BCUT2D eigenvalue weighted by atomic mass is 32.1. The zero-order valence-corrected chi connectivity index (χ0v) is 19.1. The molecule has 5 rings (SSSR count). The van der Waals surface area contributed by atoms with Gasteiger partial charge in [-0.3, -0.25) is 9.78 Å². The van der Waals surface area contributed by atoms with Crippen LogP contribution in [0.25, 0.3) is 21.2 Å². The number of carboxylic acid groups (broad SMARTS) is 1. The summed E-state index contributed by atoms with van der Waals surface area (Å²) < 4.78 is 11.7. The first-order valence-corrected chi connectivity index (χ1v) is 12.3. The average Bonchev–Trinajstić information content (AvgIpc) is 3.33. The summed E-state index contributed by atoms with van der Waals surface area (Å²) in [7, 11) is 0. The van der Waals surface area contributed by atoms with Gasteiger partial charge in [0.15, 0.2) is 5.01 Å². The zero-order valence-electron chi connectivity index (χ0n) is 18.3. The van der Waals surface area contributed by atoms with Gasteiger partial charge in [0.05, 0.1) is 23.1 Å². The summed E-state index contributed by atoms with van der Waals surface area (Å²) in [5.41, 5.74) is 1.07. The van der Waals surface area contributed by atoms with Crippen molar-refractivity contribution in [2.45, 2.75) is 44.6 Å². The molecule has 0 amide bonds. The topological polar surface area (TPSA) is 81.5 Å². The highest BCUT2D eigenvalue weighted by molar-refractivity contribution is 7.15. The number of hydrogen-bond donors (Lipinski definition) is 1. The molecular weight excluding hydrogens is 436 g/mol. The molecule has 0 spiro atoms. The van der Waals surface area contributed by atoms with Crippen molar-refractivity contribution >= 4 is 28.1 Å². The molecule has 0 radical (unpaired) electrons. The van der Waals surface area contributed by atoms with Crippen LogP contribution in [0.4, 0.5) is 0 Å². The fourth-order valence-electron chi connectivity index (χ4n) is 4.46. The van der Waals surface area contributed by atoms with Gasteiger partial charge < -0.3 is 14.6 Å². The van der Waals surface area contributed by atoms with Gasteiger partial charge in [-0.25, -0.2) is 4.98 Å². The quantitative estimate of drug-likeness (QED) is 0.540. The Hall–Kier alpha value is -2.95. The van der Waals surface area contributed by atoms with Crippen LogP contribution in [0.2, 0.25) is 0 Å². The van der Waals surface area contributed by atoms with Crippen molar-refractivity contribution in [2.24, 2.45) is 11.8 Å². The fraction of sp³-hybridized carbons (Fsp3) is 0.423. The first kappa shape index (κ1) is 21.9. The lowest BCUT2D eigenvalue weighted by Gasteiger charge is -2.27.